The monoisotopic (exact) mass is 228 g/mol. The Morgan fingerprint density at radius 3 is 2.87 bits per heavy atom. The van der Waals surface area contributed by atoms with Gasteiger partial charge in [0.2, 0.25) is 0 Å². The van der Waals surface area contributed by atoms with E-state index in [4.69, 9.17) is 0 Å². The van der Waals surface area contributed by atoms with Crippen LogP contribution in [0.3, 0.4) is 0 Å². The summed E-state index contributed by atoms with van der Waals surface area (Å²) in [6.45, 7) is 6.32. The number of thioether (sulfide) groups is 1. The number of hydrogen-bond acceptors (Lipinski definition) is 3. The van der Waals surface area contributed by atoms with Gasteiger partial charge in [-0.25, -0.2) is 0 Å². The van der Waals surface area contributed by atoms with Crippen LogP contribution in [0, 0.1) is 5.92 Å². The van der Waals surface area contributed by atoms with E-state index in [1.165, 1.54) is 44.6 Å². The molecule has 2 fully saturated rings. The van der Waals surface area contributed by atoms with Crippen LogP contribution in [0.4, 0.5) is 0 Å². The molecule has 2 aliphatic rings. The maximum atomic E-state index is 3.44. The molecule has 0 aromatic rings. The first-order chi connectivity index (χ1) is 7.29. The molecule has 0 aromatic carbocycles. The number of hydrogen-bond donors (Lipinski definition) is 1. The van der Waals surface area contributed by atoms with E-state index in [2.05, 4.69) is 35.9 Å². The Kier molecular flexibility index (Phi) is 4.35. The topological polar surface area (TPSA) is 15.3 Å². The third-order valence-corrected chi connectivity index (χ3v) is 5.23. The lowest BCUT2D eigenvalue weighted by molar-refractivity contribution is 0.151. The summed E-state index contributed by atoms with van der Waals surface area (Å²) in [4.78, 5) is 2.68. The van der Waals surface area contributed by atoms with E-state index < -0.39 is 0 Å². The summed E-state index contributed by atoms with van der Waals surface area (Å²) < 4.78 is 0. The van der Waals surface area contributed by atoms with E-state index in [0.29, 0.717) is 0 Å². The minimum atomic E-state index is 0.748. The number of rotatable bonds is 3. The second-order valence-electron chi connectivity index (χ2n) is 5.06. The van der Waals surface area contributed by atoms with Crippen LogP contribution in [0.2, 0.25) is 0 Å². The van der Waals surface area contributed by atoms with Crippen molar-refractivity contribution >= 4 is 11.8 Å². The van der Waals surface area contributed by atoms with Crippen molar-refractivity contribution in [2.24, 2.45) is 5.92 Å². The molecule has 1 N–H and O–H groups in total. The van der Waals surface area contributed by atoms with Crippen molar-refractivity contribution < 1.29 is 0 Å². The number of piperidine rings is 1. The van der Waals surface area contributed by atoms with E-state index in [-0.39, 0.29) is 0 Å². The van der Waals surface area contributed by atoms with E-state index >= 15 is 0 Å². The fourth-order valence-electron chi connectivity index (χ4n) is 2.90. The molecule has 0 amide bonds. The SMILES string of the molecule is CNC1CCN(CC2CCCS2)CC1C. The molecular formula is C12H24N2S. The zero-order valence-corrected chi connectivity index (χ0v) is 10.9. The quantitative estimate of drug-likeness (QED) is 0.793. The van der Waals surface area contributed by atoms with Crippen molar-refractivity contribution in [2.75, 3.05) is 32.4 Å². The lowest BCUT2D eigenvalue weighted by Gasteiger charge is -2.37. The predicted molar refractivity (Wildman–Crippen MR) is 68.5 cm³/mol. The first kappa shape index (κ1) is 11.7. The Morgan fingerprint density at radius 2 is 2.27 bits per heavy atom. The Labute approximate surface area is 98.2 Å². The molecule has 0 aliphatic carbocycles. The van der Waals surface area contributed by atoms with Gasteiger partial charge in [0.05, 0.1) is 0 Å². The maximum Gasteiger partial charge on any atom is 0.0175 e. The van der Waals surface area contributed by atoms with Crippen LogP contribution < -0.4 is 5.32 Å². The summed E-state index contributed by atoms with van der Waals surface area (Å²) >= 11 is 2.19. The first-order valence-electron chi connectivity index (χ1n) is 6.31. The molecule has 3 atom stereocenters. The molecule has 2 heterocycles. The Morgan fingerprint density at radius 1 is 1.40 bits per heavy atom. The molecule has 2 saturated heterocycles. The molecule has 0 radical (unpaired) electrons. The minimum Gasteiger partial charge on any atom is -0.317 e. The highest BCUT2D eigenvalue weighted by Gasteiger charge is 2.27. The molecule has 15 heavy (non-hydrogen) atoms. The van der Waals surface area contributed by atoms with Crippen molar-refractivity contribution in [1.29, 1.82) is 0 Å². The van der Waals surface area contributed by atoms with Gasteiger partial charge in [-0.05, 0) is 44.5 Å². The van der Waals surface area contributed by atoms with Crippen LogP contribution in [-0.2, 0) is 0 Å². The molecule has 3 heteroatoms. The predicted octanol–water partition coefficient (Wildman–Crippen LogP) is 1.81. The lowest BCUT2D eigenvalue weighted by atomic mass is 9.94. The Bertz CT molecular complexity index is 192. The third-order valence-electron chi connectivity index (χ3n) is 3.85. The van der Waals surface area contributed by atoms with E-state index in [1.807, 2.05) is 0 Å². The van der Waals surface area contributed by atoms with Gasteiger partial charge >= 0.3 is 0 Å². The van der Waals surface area contributed by atoms with E-state index in [1.54, 1.807) is 0 Å². The molecule has 0 bridgehead atoms. The van der Waals surface area contributed by atoms with Gasteiger partial charge in [-0.1, -0.05) is 6.92 Å². The highest BCUT2D eigenvalue weighted by atomic mass is 32.2. The van der Waals surface area contributed by atoms with E-state index in [9.17, 15) is 0 Å². The van der Waals surface area contributed by atoms with Gasteiger partial charge in [0, 0.05) is 24.4 Å². The summed E-state index contributed by atoms with van der Waals surface area (Å²) in [5.74, 6) is 2.21. The van der Waals surface area contributed by atoms with Crippen molar-refractivity contribution in [2.45, 2.75) is 37.5 Å². The molecule has 0 aromatic heterocycles. The summed E-state index contributed by atoms with van der Waals surface area (Å²) in [6.07, 6.45) is 4.22. The average molecular weight is 228 g/mol. The second-order valence-corrected chi connectivity index (χ2v) is 6.46. The minimum absolute atomic E-state index is 0.748. The fraction of sp³-hybridized carbons (Fsp3) is 1.00. The van der Waals surface area contributed by atoms with Crippen molar-refractivity contribution in [3.63, 3.8) is 0 Å². The van der Waals surface area contributed by atoms with Gasteiger partial charge in [0.25, 0.3) is 0 Å². The largest absolute Gasteiger partial charge is 0.317 e. The number of nitrogens with one attached hydrogen (secondary N) is 1. The van der Waals surface area contributed by atoms with Gasteiger partial charge in [-0.15, -0.1) is 0 Å². The van der Waals surface area contributed by atoms with Crippen LogP contribution in [0.5, 0.6) is 0 Å². The molecule has 0 saturated carbocycles. The Balaban J connectivity index is 1.75. The normalized spacial score (nSPS) is 38.4. The molecule has 88 valence electrons. The van der Waals surface area contributed by atoms with Crippen LogP contribution in [0.25, 0.3) is 0 Å². The van der Waals surface area contributed by atoms with Gasteiger partial charge in [0.1, 0.15) is 0 Å². The molecule has 3 unspecified atom stereocenters. The van der Waals surface area contributed by atoms with Crippen LogP contribution in [-0.4, -0.2) is 48.6 Å². The van der Waals surface area contributed by atoms with Crippen molar-refractivity contribution in [3.05, 3.63) is 0 Å². The zero-order chi connectivity index (χ0) is 10.7. The average Bonchev–Trinajstić information content (AvgIpc) is 2.71. The van der Waals surface area contributed by atoms with Gasteiger partial charge in [-0.2, -0.15) is 11.8 Å². The highest BCUT2D eigenvalue weighted by molar-refractivity contribution is 8.00. The van der Waals surface area contributed by atoms with Gasteiger partial charge < -0.3 is 10.2 Å². The van der Waals surface area contributed by atoms with E-state index in [0.717, 1.165) is 17.2 Å². The lowest BCUT2D eigenvalue weighted by Crippen LogP contribution is -2.48. The Hall–Kier alpha value is 0.270. The van der Waals surface area contributed by atoms with Crippen LogP contribution in [0.15, 0.2) is 0 Å². The second kappa shape index (κ2) is 5.55. The van der Waals surface area contributed by atoms with Gasteiger partial charge in [-0.3, -0.25) is 0 Å². The smallest absolute Gasteiger partial charge is 0.0175 e. The molecule has 0 spiro atoms. The summed E-state index contributed by atoms with van der Waals surface area (Å²) in [5.41, 5.74) is 0. The summed E-state index contributed by atoms with van der Waals surface area (Å²) in [5, 5.41) is 4.37. The fourth-order valence-corrected chi connectivity index (χ4v) is 4.22. The molecule has 2 rings (SSSR count). The highest BCUT2D eigenvalue weighted by Crippen LogP contribution is 2.28. The summed E-state index contributed by atoms with van der Waals surface area (Å²) in [7, 11) is 2.10. The molecule has 2 nitrogen and oxygen atoms in total. The molecular weight excluding hydrogens is 204 g/mol. The van der Waals surface area contributed by atoms with Crippen LogP contribution in [0.1, 0.15) is 26.2 Å². The molecule has 2 aliphatic heterocycles. The first-order valence-corrected chi connectivity index (χ1v) is 7.35. The van der Waals surface area contributed by atoms with Crippen LogP contribution >= 0.6 is 11.8 Å². The number of nitrogens with zero attached hydrogens (tertiary/aromatic N) is 1. The standard InChI is InChI=1S/C12H24N2S/c1-10-8-14(6-5-12(10)13-2)9-11-4-3-7-15-11/h10-13H,3-9H2,1-2H3. The van der Waals surface area contributed by atoms with Gasteiger partial charge in [0.15, 0.2) is 0 Å². The maximum absolute atomic E-state index is 3.44. The zero-order valence-electron chi connectivity index (χ0n) is 10.0. The third kappa shape index (κ3) is 3.11. The summed E-state index contributed by atoms with van der Waals surface area (Å²) in [6, 6.07) is 0.748. The number of likely N-dealkylation sites (tertiary alicyclic amines) is 1. The van der Waals surface area contributed by atoms with Crippen molar-refractivity contribution in [1.82, 2.24) is 10.2 Å². The van der Waals surface area contributed by atoms with Crippen molar-refractivity contribution in [3.8, 4) is 0 Å².